The van der Waals surface area contributed by atoms with Crippen LogP contribution in [0.15, 0.2) is 24.3 Å². The predicted molar refractivity (Wildman–Crippen MR) is 48.4 cm³/mol. The zero-order chi connectivity index (χ0) is 10.1. The number of epoxide rings is 1. The maximum Gasteiger partial charge on any atom is 0.328 e. The Morgan fingerprint density at radius 2 is 2.23 bits per heavy atom. The number of carboxylic acids is 1. The third-order valence-electron chi connectivity index (χ3n) is 1.15. The van der Waals surface area contributed by atoms with E-state index in [-0.39, 0.29) is 12.7 Å². The van der Waals surface area contributed by atoms with Crippen molar-refractivity contribution in [3.05, 3.63) is 24.3 Å². The standard InChI is InChI=1S/C6H8O2.C3H6O2/c1-2-3-4-5-6(7)8;4-1-3-2-5-3/h2-5H,1H3,(H,7,8);3-4H,1-2H2/b3-2+,5-4+;. The lowest BCUT2D eigenvalue weighted by molar-refractivity contribution is -0.131. The van der Waals surface area contributed by atoms with Crippen LogP contribution in [0.25, 0.3) is 0 Å². The Kier molecular flexibility index (Phi) is 6.86. The zero-order valence-electron chi connectivity index (χ0n) is 7.51. The van der Waals surface area contributed by atoms with E-state index in [0.29, 0.717) is 0 Å². The molecule has 0 saturated carbocycles. The molecule has 0 aromatic heterocycles. The number of hydrogen-bond acceptors (Lipinski definition) is 3. The Morgan fingerprint density at radius 1 is 1.62 bits per heavy atom. The Bertz CT molecular complexity index is 192. The van der Waals surface area contributed by atoms with E-state index in [0.717, 1.165) is 12.7 Å². The molecule has 0 amide bonds. The first kappa shape index (κ1) is 11.9. The number of carboxylic acid groups (broad SMARTS) is 1. The largest absolute Gasteiger partial charge is 0.478 e. The molecule has 1 aliphatic rings. The van der Waals surface area contributed by atoms with E-state index in [1.165, 1.54) is 6.08 Å². The number of rotatable bonds is 3. The number of aliphatic hydroxyl groups is 1. The first-order valence-corrected chi connectivity index (χ1v) is 3.95. The van der Waals surface area contributed by atoms with Crippen molar-refractivity contribution in [3.63, 3.8) is 0 Å². The molecule has 0 bridgehead atoms. The van der Waals surface area contributed by atoms with E-state index in [2.05, 4.69) is 4.74 Å². The topological polar surface area (TPSA) is 70.1 Å². The molecule has 1 unspecified atom stereocenters. The third kappa shape index (κ3) is 10.9. The van der Waals surface area contributed by atoms with Gasteiger partial charge in [-0.15, -0.1) is 0 Å². The van der Waals surface area contributed by atoms with Crippen LogP contribution in [-0.4, -0.2) is 35.5 Å². The molecule has 0 aromatic carbocycles. The highest BCUT2D eigenvalue weighted by molar-refractivity contribution is 5.80. The number of aliphatic carboxylic acids is 1. The maximum atomic E-state index is 9.75. The minimum atomic E-state index is -0.914. The lowest BCUT2D eigenvalue weighted by Gasteiger charge is -1.72. The normalized spacial score (nSPS) is 20.0. The second-order valence-electron chi connectivity index (χ2n) is 2.36. The van der Waals surface area contributed by atoms with Crippen LogP contribution in [0, 0.1) is 0 Å². The molecule has 74 valence electrons. The van der Waals surface area contributed by atoms with Crippen LogP contribution in [0.3, 0.4) is 0 Å². The van der Waals surface area contributed by atoms with Gasteiger partial charge >= 0.3 is 5.97 Å². The molecule has 1 rings (SSSR count). The van der Waals surface area contributed by atoms with Gasteiger partial charge in [-0.2, -0.15) is 0 Å². The molecule has 4 heteroatoms. The second-order valence-corrected chi connectivity index (χ2v) is 2.36. The van der Waals surface area contributed by atoms with E-state index in [4.69, 9.17) is 10.2 Å². The summed E-state index contributed by atoms with van der Waals surface area (Å²) in [5, 5.41) is 16.1. The van der Waals surface area contributed by atoms with Gasteiger partial charge in [-0.3, -0.25) is 0 Å². The zero-order valence-corrected chi connectivity index (χ0v) is 7.51. The second kappa shape index (κ2) is 7.52. The number of aliphatic hydroxyl groups excluding tert-OH is 1. The van der Waals surface area contributed by atoms with Crippen LogP contribution >= 0.6 is 0 Å². The summed E-state index contributed by atoms with van der Waals surface area (Å²) >= 11 is 0. The Labute approximate surface area is 77.1 Å². The molecule has 1 atom stereocenters. The van der Waals surface area contributed by atoms with Gasteiger partial charge in [0, 0.05) is 6.08 Å². The van der Waals surface area contributed by atoms with Crippen LogP contribution in [0.1, 0.15) is 6.92 Å². The fraction of sp³-hybridized carbons (Fsp3) is 0.444. The van der Waals surface area contributed by atoms with Gasteiger partial charge in [-0.1, -0.05) is 18.2 Å². The number of allylic oxidation sites excluding steroid dienone is 3. The number of hydrogen-bond donors (Lipinski definition) is 2. The average Bonchev–Trinajstić information content (AvgIpc) is 2.88. The molecule has 1 fully saturated rings. The smallest absolute Gasteiger partial charge is 0.328 e. The van der Waals surface area contributed by atoms with E-state index in [1.54, 1.807) is 12.2 Å². The summed E-state index contributed by atoms with van der Waals surface area (Å²) in [4.78, 5) is 9.75. The highest BCUT2D eigenvalue weighted by Gasteiger charge is 2.19. The fourth-order valence-electron chi connectivity index (χ4n) is 0.422. The minimum Gasteiger partial charge on any atom is -0.478 e. The van der Waals surface area contributed by atoms with E-state index < -0.39 is 5.97 Å². The molecule has 1 saturated heterocycles. The molecule has 0 aliphatic carbocycles. The monoisotopic (exact) mass is 186 g/mol. The van der Waals surface area contributed by atoms with Crippen molar-refractivity contribution in [2.45, 2.75) is 13.0 Å². The van der Waals surface area contributed by atoms with E-state index in [1.807, 2.05) is 6.92 Å². The maximum absolute atomic E-state index is 9.75. The van der Waals surface area contributed by atoms with Gasteiger partial charge in [0.05, 0.1) is 13.2 Å². The Balaban J connectivity index is 0.000000243. The van der Waals surface area contributed by atoms with Crippen molar-refractivity contribution in [1.82, 2.24) is 0 Å². The molecule has 0 radical (unpaired) electrons. The van der Waals surface area contributed by atoms with Gasteiger partial charge in [0.2, 0.25) is 0 Å². The van der Waals surface area contributed by atoms with Gasteiger partial charge in [0.25, 0.3) is 0 Å². The summed E-state index contributed by atoms with van der Waals surface area (Å²) < 4.78 is 4.61. The predicted octanol–water partition coefficient (Wildman–Crippen LogP) is 0.581. The summed E-state index contributed by atoms with van der Waals surface area (Å²) in [5.41, 5.74) is 0. The molecule has 2 N–H and O–H groups in total. The molecular weight excluding hydrogens is 172 g/mol. The first-order valence-electron chi connectivity index (χ1n) is 3.95. The highest BCUT2D eigenvalue weighted by Crippen LogP contribution is 2.04. The van der Waals surface area contributed by atoms with Crippen molar-refractivity contribution in [2.24, 2.45) is 0 Å². The van der Waals surface area contributed by atoms with Crippen molar-refractivity contribution in [3.8, 4) is 0 Å². The van der Waals surface area contributed by atoms with E-state index in [9.17, 15) is 4.79 Å². The Morgan fingerprint density at radius 3 is 2.46 bits per heavy atom. The quantitative estimate of drug-likeness (QED) is 0.384. The lowest BCUT2D eigenvalue weighted by Crippen LogP contribution is -1.88. The SMILES string of the molecule is C/C=C/C=C/C(=O)O.OCC1CO1. The number of ether oxygens (including phenoxy) is 1. The van der Waals surface area contributed by atoms with Gasteiger partial charge in [0.1, 0.15) is 6.10 Å². The van der Waals surface area contributed by atoms with Crippen molar-refractivity contribution < 1.29 is 19.7 Å². The summed E-state index contributed by atoms with van der Waals surface area (Å²) in [6.07, 6.45) is 6.17. The Hall–Kier alpha value is -1.13. The molecule has 0 aromatic rings. The van der Waals surface area contributed by atoms with Gasteiger partial charge in [0.15, 0.2) is 0 Å². The third-order valence-corrected chi connectivity index (χ3v) is 1.15. The van der Waals surface area contributed by atoms with Crippen molar-refractivity contribution in [2.75, 3.05) is 13.2 Å². The molecule has 1 aliphatic heterocycles. The van der Waals surface area contributed by atoms with Crippen molar-refractivity contribution >= 4 is 5.97 Å². The molecule has 0 spiro atoms. The van der Waals surface area contributed by atoms with E-state index >= 15 is 0 Å². The van der Waals surface area contributed by atoms with Crippen LogP contribution < -0.4 is 0 Å². The summed E-state index contributed by atoms with van der Waals surface area (Å²) in [5.74, 6) is -0.914. The van der Waals surface area contributed by atoms with Gasteiger partial charge in [-0.25, -0.2) is 4.79 Å². The van der Waals surface area contributed by atoms with Crippen LogP contribution in [0.4, 0.5) is 0 Å². The average molecular weight is 186 g/mol. The molecule has 4 nitrogen and oxygen atoms in total. The lowest BCUT2D eigenvalue weighted by atomic mass is 10.4. The van der Waals surface area contributed by atoms with Gasteiger partial charge in [-0.05, 0) is 6.92 Å². The van der Waals surface area contributed by atoms with Crippen molar-refractivity contribution in [1.29, 1.82) is 0 Å². The number of carbonyl (C=O) groups is 1. The van der Waals surface area contributed by atoms with Crippen LogP contribution in [-0.2, 0) is 9.53 Å². The molecule has 1 heterocycles. The van der Waals surface area contributed by atoms with Gasteiger partial charge < -0.3 is 14.9 Å². The molecule has 13 heavy (non-hydrogen) atoms. The summed E-state index contributed by atoms with van der Waals surface area (Å²) in [6, 6.07) is 0. The summed E-state index contributed by atoms with van der Waals surface area (Å²) in [6.45, 7) is 2.78. The highest BCUT2D eigenvalue weighted by atomic mass is 16.6. The minimum absolute atomic E-state index is 0.190. The molecular formula is C9H14O4. The van der Waals surface area contributed by atoms with Crippen LogP contribution in [0.5, 0.6) is 0 Å². The summed E-state index contributed by atoms with van der Waals surface area (Å²) in [7, 11) is 0. The first-order chi connectivity index (χ1) is 6.20. The van der Waals surface area contributed by atoms with Crippen LogP contribution in [0.2, 0.25) is 0 Å². The fourth-order valence-corrected chi connectivity index (χ4v) is 0.422.